The van der Waals surface area contributed by atoms with Crippen LogP contribution in [0.4, 0.5) is 10.2 Å². The molecular formula is C11H9ClFN3. The summed E-state index contributed by atoms with van der Waals surface area (Å²) < 4.78 is 13.1. The molecule has 0 aliphatic heterocycles. The smallest absolute Gasteiger partial charge is 0.144 e. The Bertz CT molecular complexity index is 543. The maximum absolute atomic E-state index is 13.1. The molecule has 0 fully saturated rings. The summed E-state index contributed by atoms with van der Waals surface area (Å²) in [5.41, 5.74) is 7.12. The average Bonchev–Trinajstić information content (AvgIpc) is 2.26. The first-order valence-electron chi connectivity index (χ1n) is 4.62. The third kappa shape index (κ3) is 1.97. The highest BCUT2D eigenvalue weighted by atomic mass is 35.5. The first-order valence-corrected chi connectivity index (χ1v) is 5.00. The number of nitrogen functional groups attached to an aromatic ring is 1. The Morgan fingerprint density at radius 3 is 2.81 bits per heavy atom. The van der Waals surface area contributed by atoms with E-state index in [1.165, 1.54) is 12.3 Å². The summed E-state index contributed by atoms with van der Waals surface area (Å²) in [4.78, 5) is 7.95. The van der Waals surface area contributed by atoms with E-state index >= 15 is 0 Å². The molecule has 2 aromatic heterocycles. The zero-order chi connectivity index (χ0) is 11.7. The molecule has 0 bridgehead atoms. The van der Waals surface area contributed by atoms with Gasteiger partial charge in [-0.15, -0.1) is 0 Å². The molecule has 16 heavy (non-hydrogen) atoms. The molecule has 2 heterocycles. The van der Waals surface area contributed by atoms with Crippen molar-refractivity contribution in [3.8, 4) is 11.3 Å². The average molecular weight is 238 g/mol. The summed E-state index contributed by atoms with van der Waals surface area (Å²) in [6.45, 7) is 1.59. The number of aryl methyl sites for hydroxylation is 1. The number of nitrogens with two attached hydrogens (primary N) is 1. The lowest BCUT2D eigenvalue weighted by Crippen LogP contribution is -1.94. The molecule has 2 aromatic rings. The van der Waals surface area contributed by atoms with Gasteiger partial charge in [0.1, 0.15) is 11.6 Å². The van der Waals surface area contributed by atoms with Crippen molar-refractivity contribution >= 4 is 17.4 Å². The van der Waals surface area contributed by atoms with Crippen molar-refractivity contribution in [2.75, 3.05) is 5.73 Å². The number of halogens is 2. The van der Waals surface area contributed by atoms with Gasteiger partial charge < -0.3 is 5.73 Å². The van der Waals surface area contributed by atoms with Crippen LogP contribution in [0, 0.1) is 12.7 Å². The Labute approximate surface area is 97.1 Å². The third-order valence-electron chi connectivity index (χ3n) is 2.17. The highest BCUT2D eigenvalue weighted by molar-refractivity contribution is 6.33. The van der Waals surface area contributed by atoms with E-state index < -0.39 is 0 Å². The molecule has 0 spiro atoms. The highest BCUT2D eigenvalue weighted by Crippen LogP contribution is 2.27. The number of hydrogen-bond donors (Lipinski definition) is 1. The minimum atomic E-state index is -0.345. The molecule has 0 aliphatic rings. The van der Waals surface area contributed by atoms with Gasteiger partial charge in [0.2, 0.25) is 0 Å². The van der Waals surface area contributed by atoms with Crippen molar-refractivity contribution in [3.63, 3.8) is 0 Å². The standard InChI is InChI=1S/C11H9ClFN3/c1-6-9(13)2-3-10(16-6)7-4-11(14)15-5-8(7)12/h2-5H,1H3,(H2,14,15). The molecule has 0 amide bonds. The van der Waals surface area contributed by atoms with Gasteiger partial charge in [-0.2, -0.15) is 0 Å². The van der Waals surface area contributed by atoms with Gasteiger partial charge in [0, 0.05) is 11.8 Å². The summed E-state index contributed by atoms with van der Waals surface area (Å²) in [5, 5.41) is 0.438. The van der Waals surface area contributed by atoms with E-state index in [2.05, 4.69) is 9.97 Å². The lowest BCUT2D eigenvalue weighted by molar-refractivity contribution is 0.610. The van der Waals surface area contributed by atoms with E-state index in [4.69, 9.17) is 17.3 Å². The van der Waals surface area contributed by atoms with Crippen molar-refractivity contribution in [1.29, 1.82) is 0 Å². The number of anilines is 1. The van der Waals surface area contributed by atoms with E-state index in [1.54, 1.807) is 19.1 Å². The van der Waals surface area contributed by atoms with Crippen LogP contribution in [0.25, 0.3) is 11.3 Å². The fourth-order valence-corrected chi connectivity index (χ4v) is 1.55. The largest absolute Gasteiger partial charge is 0.384 e. The normalized spacial score (nSPS) is 10.4. The number of aromatic nitrogens is 2. The first kappa shape index (κ1) is 10.8. The number of hydrogen-bond acceptors (Lipinski definition) is 3. The van der Waals surface area contributed by atoms with Crippen LogP contribution < -0.4 is 5.73 Å². The number of rotatable bonds is 1. The molecule has 0 aliphatic carbocycles. The fraction of sp³-hybridized carbons (Fsp3) is 0.0909. The second-order valence-corrected chi connectivity index (χ2v) is 3.76. The van der Waals surface area contributed by atoms with Crippen molar-refractivity contribution in [2.24, 2.45) is 0 Å². The monoisotopic (exact) mass is 237 g/mol. The van der Waals surface area contributed by atoms with Gasteiger partial charge in [0.05, 0.1) is 16.4 Å². The Morgan fingerprint density at radius 1 is 1.38 bits per heavy atom. The Morgan fingerprint density at radius 2 is 2.12 bits per heavy atom. The molecule has 2 N–H and O–H groups in total. The molecule has 0 atom stereocenters. The molecule has 3 nitrogen and oxygen atoms in total. The van der Waals surface area contributed by atoms with Gasteiger partial charge in [-0.1, -0.05) is 11.6 Å². The lowest BCUT2D eigenvalue weighted by atomic mass is 10.1. The molecular weight excluding hydrogens is 229 g/mol. The maximum atomic E-state index is 13.1. The Hall–Kier alpha value is -1.68. The number of pyridine rings is 2. The van der Waals surface area contributed by atoms with Crippen molar-refractivity contribution in [3.05, 3.63) is 40.9 Å². The van der Waals surface area contributed by atoms with Crippen molar-refractivity contribution in [2.45, 2.75) is 6.92 Å². The van der Waals surface area contributed by atoms with Gasteiger partial charge in [0.15, 0.2) is 0 Å². The molecule has 0 saturated carbocycles. The summed E-state index contributed by atoms with van der Waals surface area (Å²) >= 11 is 5.97. The van der Waals surface area contributed by atoms with Crippen LogP contribution in [0.15, 0.2) is 24.4 Å². The van der Waals surface area contributed by atoms with E-state index in [9.17, 15) is 4.39 Å². The van der Waals surface area contributed by atoms with Gasteiger partial charge in [0.25, 0.3) is 0 Å². The zero-order valence-corrected chi connectivity index (χ0v) is 9.29. The second kappa shape index (κ2) is 4.06. The molecule has 82 valence electrons. The van der Waals surface area contributed by atoms with Crippen molar-refractivity contribution < 1.29 is 4.39 Å². The quantitative estimate of drug-likeness (QED) is 0.830. The summed E-state index contributed by atoms with van der Waals surface area (Å²) in [5.74, 6) is 0.00470. The van der Waals surface area contributed by atoms with Crippen LogP contribution in [0.3, 0.4) is 0 Å². The van der Waals surface area contributed by atoms with Crippen LogP contribution in [-0.2, 0) is 0 Å². The lowest BCUT2D eigenvalue weighted by Gasteiger charge is -2.05. The molecule has 0 radical (unpaired) electrons. The molecule has 0 aromatic carbocycles. The fourth-order valence-electron chi connectivity index (χ4n) is 1.35. The number of nitrogens with zero attached hydrogens (tertiary/aromatic N) is 2. The maximum Gasteiger partial charge on any atom is 0.144 e. The molecule has 2 rings (SSSR count). The summed E-state index contributed by atoms with van der Waals surface area (Å²) in [6.07, 6.45) is 1.45. The van der Waals surface area contributed by atoms with E-state index in [-0.39, 0.29) is 5.82 Å². The van der Waals surface area contributed by atoms with Crippen molar-refractivity contribution in [1.82, 2.24) is 9.97 Å². The molecule has 0 saturated heterocycles. The van der Waals surface area contributed by atoms with Crippen LogP contribution >= 0.6 is 11.6 Å². The van der Waals surface area contributed by atoms with E-state index in [0.29, 0.717) is 27.8 Å². The minimum Gasteiger partial charge on any atom is -0.384 e. The van der Waals surface area contributed by atoms with Crippen LogP contribution in [0.2, 0.25) is 5.02 Å². The Kier molecular flexibility index (Phi) is 2.75. The third-order valence-corrected chi connectivity index (χ3v) is 2.47. The SMILES string of the molecule is Cc1nc(-c2cc(N)ncc2Cl)ccc1F. The van der Waals surface area contributed by atoms with Gasteiger partial charge in [-0.25, -0.2) is 9.37 Å². The first-order chi connectivity index (χ1) is 7.58. The van der Waals surface area contributed by atoms with Gasteiger partial charge >= 0.3 is 0 Å². The van der Waals surface area contributed by atoms with Crippen LogP contribution in [0.1, 0.15) is 5.69 Å². The summed E-state index contributed by atoms with van der Waals surface area (Å²) in [6, 6.07) is 4.52. The highest BCUT2D eigenvalue weighted by Gasteiger charge is 2.08. The topological polar surface area (TPSA) is 51.8 Å². The van der Waals surface area contributed by atoms with E-state index in [1.807, 2.05) is 0 Å². The van der Waals surface area contributed by atoms with Gasteiger partial charge in [-0.3, -0.25) is 4.98 Å². The molecule has 0 unspecified atom stereocenters. The Balaban J connectivity index is 2.58. The van der Waals surface area contributed by atoms with Crippen LogP contribution in [-0.4, -0.2) is 9.97 Å². The predicted octanol–water partition coefficient (Wildman–Crippen LogP) is 2.83. The predicted molar refractivity (Wildman–Crippen MR) is 61.6 cm³/mol. The summed E-state index contributed by atoms with van der Waals surface area (Å²) in [7, 11) is 0. The van der Waals surface area contributed by atoms with Gasteiger partial charge in [-0.05, 0) is 25.1 Å². The minimum absolute atomic E-state index is 0.323. The van der Waals surface area contributed by atoms with Crippen LogP contribution in [0.5, 0.6) is 0 Å². The van der Waals surface area contributed by atoms with E-state index in [0.717, 1.165) is 0 Å². The second-order valence-electron chi connectivity index (χ2n) is 3.35. The zero-order valence-electron chi connectivity index (χ0n) is 8.54. The molecule has 5 heteroatoms.